The molecule has 0 saturated heterocycles. The van der Waals surface area contributed by atoms with Crippen molar-refractivity contribution in [3.63, 3.8) is 0 Å². The van der Waals surface area contributed by atoms with E-state index in [0.717, 1.165) is 0 Å². The average molecular weight is 290 g/mol. The first kappa shape index (κ1) is 32.6. The summed E-state index contributed by atoms with van der Waals surface area (Å²) in [7, 11) is 0. The first-order valence-corrected chi connectivity index (χ1v) is 1.67. The van der Waals surface area contributed by atoms with Gasteiger partial charge >= 0.3 is 48.9 Å². The molecular formula is C2H4BaN2O2S2. The van der Waals surface area contributed by atoms with Gasteiger partial charge in [-0.3, -0.25) is 0 Å². The number of rotatable bonds is 0. The Morgan fingerprint density at radius 3 is 0.889 bits per heavy atom. The zero-order chi connectivity index (χ0) is 5.41. The van der Waals surface area contributed by atoms with Crippen LogP contribution >= 0.6 is 0 Å². The van der Waals surface area contributed by atoms with Crippen LogP contribution in [0.2, 0.25) is 0 Å². The van der Waals surface area contributed by atoms with E-state index in [1.54, 1.807) is 0 Å². The Bertz CT molecular complexity index is 75.5. The van der Waals surface area contributed by atoms with Gasteiger partial charge < -0.3 is 36.2 Å². The number of nitriles is 2. The molecule has 0 bridgehead atoms. The molecule has 0 fully saturated rings. The van der Waals surface area contributed by atoms with Gasteiger partial charge in [0.15, 0.2) is 0 Å². The fourth-order valence-electron chi connectivity index (χ4n) is 0. The molecule has 0 atom stereocenters. The van der Waals surface area contributed by atoms with E-state index in [9.17, 15) is 0 Å². The Labute approximate surface area is 105 Å². The largest absolute Gasteiger partial charge is 2.00 e. The third-order valence-corrected chi connectivity index (χ3v) is 0. The summed E-state index contributed by atoms with van der Waals surface area (Å²) in [5.74, 6) is 0. The fourth-order valence-corrected chi connectivity index (χ4v) is 0. The van der Waals surface area contributed by atoms with Crippen molar-refractivity contribution in [1.82, 2.24) is 0 Å². The number of hydrogen-bond donors (Lipinski definition) is 0. The molecule has 0 saturated carbocycles. The van der Waals surface area contributed by atoms with Crippen molar-refractivity contribution >= 4 is 74.1 Å². The van der Waals surface area contributed by atoms with Crippen LogP contribution in [0, 0.1) is 21.3 Å². The van der Waals surface area contributed by atoms with Gasteiger partial charge in [0.05, 0.1) is 0 Å². The molecule has 0 heterocycles. The molecule has 0 aliphatic heterocycles. The van der Waals surface area contributed by atoms with Gasteiger partial charge in [0.2, 0.25) is 0 Å². The van der Waals surface area contributed by atoms with Crippen molar-refractivity contribution in [3.05, 3.63) is 0 Å². The van der Waals surface area contributed by atoms with Crippen LogP contribution in [0.5, 0.6) is 0 Å². The van der Waals surface area contributed by atoms with Crippen LogP contribution in [-0.2, 0) is 25.3 Å². The second-order valence-corrected chi connectivity index (χ2v) is 0.548. The van der Waals surface area contributed by atoms with E-state index in [4.69, 9.17) is 10.5 Å². The van der Waals surface area contributed by atoms with Gasteiger partial charge in [0.1, 0.15) is 0 Å². The Kier molecular flexibility index (Phi) is 239. The minimum absolute atomic E-state index is 0. The molecule has 0 aliphatic rings. The molecule has 0 spiro atoms. The molecule has 48 valence electrons. The molecular weight excluding hydrogens is 285 g/mol. The summed E-state index contributed by atoms with van der Waals surface area (Å²) in [6.45, 7) is 0. The Morgan fingerprint density at radius 2 is 0.889 bits per heavy atom. The summed E-state index contributed by atoms with van der Waals surface area (Å²) in [6.07, 6.45) is 0. The van der Waals surface area contributed by atoms with E-state index in [2.05, 4.69) is 25.3 Å². The number of nitrogens with zero attached hydrogens (tertiary/aromatic N) is 2. The molecule has 0 aliphatic carbocycles. The molecule has 0 aromatic heterocycles. The first-order valence-electron chi connectivity index (χ1n) is 0.855. The minimum Gasteiger partial charge on any atom is -0.696 e. The maximum atomic E-state index is 7.13. The van der Waals surface area contributed by atoms with E-state index in [0.29, 0.717) is 0 Å². The van der Waals surface area contributed by atoms with E-state index >= 15 is 0 Å². The van der Waals surface area contributed by atoms with Crippen LogP contribution in [-0.4, -0.2) is 59.8 Å². The van der Waals surface area contributed by atoms with Crippen molar-refractivity contribution in [1.29, 1.82) is 10.5 Å². The smallest absolute Gasteiger partial charge is 0.696 e. The van der Waals surface area contributed by atoms with Gasteiger partial charge in [-0.1, -0.05) is 10.8 Å². The van der Waals surface area contributed by atoms with Crippen molar-refractivity contribution in [2.24, 2.45) is 0 Å². The summed E-state index contributed by atoms with van der Waals surface area (Å²) < 4.78 is 0. The van der Waals surface area contributed by atoms with Crippen LogP contribution < -0.4 is 0 Å². The van der Waals surface area contributed by atoms with Gasteiger partial charge in [-0.15, -0.1) is 0 Å². The summed E-state index contributed by atoms with van der Waals surface area (Å²) in [4.78, 5) is 0. The van der Waals surface area contributed by atoms with Crippen LogP contribution in [0.15, 0.2) is 0 Å². The maximum Gasteiger partial charge on any atom is 2.00 e. The zero-order valence-corrected chi connectivity index (χ0v) is 10.5. The fraction of sp³-hybridized carbons (Fsp3) is 0. The van der Waals surface area contributed by atoms with Crippen LogP contribution in [0.1, 0.15) is 0 Å². The number of hydrogen-bond acceptors (Lipinski definition) is 4. The quantitative estimate of drug-likeness (QED) is 0.292. The summed E-state index contributed by atoms with van der Waals surface area (Å²) >= 11 is 7.40. The van der Waals surface area contributed by atoms with Gasteiger partial charge in [-0.25, -0.2) is 10.5 Å². The van der Waals surface area contributed by atoms with E-state index in [-0.39, 0.29) is 59.8 Å². The molecule has 0 radical (unpaired) electrons. The van der Waals surface area contributed by atoms with Gasteiger partial charge in [-0.2, -0.15) is 0 Å². The predicted octanol–water partition coefficient (Wildman–Crippen LogP) is -2.00. The maximum absolute atomic E-state index is 7.13. The summed E-state index contributed by atoms with van der Waals surface area (Å²) in [5, 5.41) is 16.9. The van der Waals surface area contributed by atoms with Crippen molar-refractivity contribution < 1.29 is 11.0 Å². The minimum atomic E-state index is 0. The average Bonchev–Trinajstić information content (AvgIpc) is 1.39. The second kappa shape index (κ2) is 65.8. The third-order valence-electron chi connectivity index (χ3n) is 0. The first-order chi connectivity index (χ1) is 2.83. The molecule has 4 N–H and O–H groups in total. The van der Waals surface area contributed by atoms with E-state index in [1.165, 1.54) is 10.8 Å². The van der Waals surface area contributed by atoms with Gasteiger partial charge in [0.25, 0.3) is 0 Å². The van der Waals surface area contributed by atoms with Crippen LogP contribution in [0.4, 0.5) is 0 Å². The van der Waals surface area contributed by atoms with Gasteiger partial charge in [0, 0.05) is 0 Å². The zero-order valence-electron chi connectivity index (χ0n) is 4.42. The predicted molar refractivity (Wildman–Crippen MR) is 38.9 cm³/mol. The molecule has 0 aromatic carbocycles. The normalized spacial score (nSPS) is 1.56. The second-order valence-electron chi connectivity index (χ2n) is 0.183. The Balaban J connectivity index is -0.00000000889. The van der Waals surface area contributed by atoms with Gasteiger partial charge in [-0.05, 0) is 0 Å². The topological polar surface area (TPSA) is 111 Å². The SMILES string of the molecule is N#C[S-].N#C[S-].O.O.[Ba+2]. The standard InChI is InChI=1S/2CHNS.Ba.2H2O/c2*2-1-3;;;/h2*3H;;2*1H2/q;;+2;;/p-2. The monoisotopic (exact) mass is 290 g/mol. The van der Waals surface area contributed by atoms with E-state index < -0.39 is 0 Å². The van der Waals surface area contributed by atoms with Crippen molar-refractivity contribution in [3.8, 4) is 10.8 Å². The summed E-state index contributed by atoms with van der Waals surface area (Å²) in [6, 6.07) is 0. The van der Waals surface area contributed by atoms with Crippen LogP contribution in [0.3, 0.4) is 0 Å². The summed E-state index contributed by atoms with van der Waals surface area (Å²) in [5.41, 5.74) is 0. The molecule has 0 aromatic rings. The molecule has 7 heteroatoms. The number of thiocyanates is 2. The molecule has 0 unspecified atom stereocenters. The van der Waals surface area contributed by atoms with Crippen LogP contribution in [0.25, 0.3) is 0 Å². The molecule has 9 heavy (non-hydrogen) atoms. The Morgan fingerprint density at radius 1 is 0.889 bits per heavy atom. The third kappa shape index (κ3) is 512. The van der Waals surface area contributed by atoms with Crippen molar-refractivity contribution in [2.45, 2.75) is 0 Å². The Hall–Kier alpha value is 0.911. The molecule has 0 rings (SSSR count). The molecule has 0 amide bonds. The van der Waals surface area contributed by atoms with Crippen molar-refractivity contribution in [2.75, 3.05) is 0 Å². The molecule has 4 nitrogen and oxygen atoms in total. The van der Waals surface area contributed by atoms with E-state index in [1.807, 2.05) is 0 Å².